The second-order valence-corrected chi connectivity index (χ2v) is 6.26. The van der Waals surface area contributed by atoms with Crippen LogP contribution in [-0.4, -0.2) is 40.3 Å². The van der Waals surface area contributed by atoms with Gasteiger partial charge in [0.05, 0.1) is 5.57 Å². The molecule has 1 rings (SSSR count). The van der Waals surface area contributed by atoms with Gasteiger partial charge in [0.1, 0.15) is 11.8 Å². The van der Waals surface area contributed by atoms with Gasteiger partial charge in [-0.1, -0.05) is 13.8 Å². The number of Topliss-reactive ketones (excluding diaryl/α,β-unsaturated/α-hetero) is 1. The number of aliphatic imine (C=N–C) groups is 1. The third kappa shape index (κ3) is 4.67. The number of carboxylic acid groups (broad SMARTS) is 1. The minimum Gasteiger partial charge on any atom is -0.511 e. The molecule has 0 bridgehead atoms. The van der Waals surface area contributed by atoms with Crippen molar-refractivity contribution in [3.05, 3.63) is 11.3 Å². The van der Waals surface area contributed by atoms with Gasteiger partial charge in [-0.25, -0.2) is 4.79 Å². The molecule has 0 aromatic carbocycles. The molecule has 0 radical (unpaired) electrons. The van der Waals surface area contributed by atoms with E-state index in [9.17, 15) is 14.7 Å². The summed E-state index contributed by atoms with van der Waals surface area (Å²) in [7, 11) is 0. The number of carbonyl (C=O) groups excluding carboxylic acids is 1. The highest BCUT2D eigenvalue weighted by Crippen LogP contribution is 2.36. The number of carboxylic acids is 1. The highest BCUT2D eigenvalue weighted by atomic mass is 16.4. The van der Waals surface area contributed by atoms with E-state index < -0.39 is 12.0 Å². The van der Waals surface area contributed by atoms with Gasteiger partial charge < -0.3 is 15.9 Å². The summed E-state index contributed by atoms with van der Waals surface area (Å²) in [6.07, 6.45) is 1.57. The van der Waals surface area contributed by atoms with Gasteiger partial charge in [0.15, 0.2) is 5.78 Å². The normalized spacial score (nSPS) is 20.6. The first-order valence-electron chi connectivity index (χ1n) is 7.11. The van der Waals surface area contributed by atoms with Crippen LogP contribution in [0.2, 0.25) is 0 Å². The molecule has 6 nitrogen and oxygen atoms in total. The molecular formula is C15H24N2O4. The molecule has 1 aliphatic rings. The second-order valence-electron chi connectivity index (χ2n) is 6.26. The van der Waals surface area contributed by atoms with E-state index >= 15 is 0 Å². The van der Waals surface area contributed by atoms with Crippen molar-refractivity contribution < 1.29 is 19.8 Å². The van der Waals surface area contributed by atoms with Crippen molar-refractivity contribution in [3.8, 4) is 0 Å². The smallest absolute Gasteiger partial charge is 0.328 e. The lowest BCUT2D eigenvalue weighted by molar-refractivity contribution is -0.138. The number of aliphatic hydroxyl groups is 1. The molecule has 0 aromatic rings. The van der Waals surface area contributed by atoms with E-state index in [1.807, 2.05) is 13.8 Å². The van der Waals surface area contributed by atoms with E-state index in [0.717, 1.165) is 0 Å². The summed E-state index contributed by atoms with van der Waals surface area (Å²) in [5.74, 6) is -1.24. The van der Waals surface area contributed by atoms with Crippen molar-refractivity contribution in [2.24, 2.45) is 16.1 Å². The van der Waals surface area contributed by atoms with Crippen LogP contribution in [0.1, 0.15) is 46.5 Å². The standard InChI is InChI=1S/C15H24N2O4/c1-9(17-10(14(20)21)5-4-6-16)13-11(18)7-15(2,3)8-12(13)19/h10,18H,4-8,16H2,1-3H3,(H,20,21)/t10-/m0/s1. The maximum Gasteiger partial charge on any atom is 0.328 e. The predicted molar refractivity (Wildman–Crippen MR) is 80.5 cm³/mol. The first-order chi connectivity index (χ1) is 9.68. The maximum atomic E-state index is 12.2. The molecule has 0 fully saturated rings. The lowest BCUT2D eigenvalue weighted by Gasteiger charge is -2.29. The quantitative estimate of drug-likeness (QED) is 0.647. The van der Waals surface area contributed by atoms with Gasteiger partial charge in [-0.15, -0.1) is 0 Å². The van der Waals surface area contributed by atoms with Crippen LogP contribution in [0.25, 0.3) is 0 Å². The Hall–Kier alpha value is -1.69. The molecule has 0 aliphatic heterocycles. The van der Waals surface area contributed by atoms with Crippen molar-refractivity contribution in [2.75, 3.05) is 6.54 Å². The third-order valence-electron chi connectivity index (χ3n) is 3.53. The van der Waals surface area contributed by atoms with Gasteiger partial charge in [-0.05, 0) is 31.7 Å². The topological polar surface area (TPSA) is 113 Å². The van der Waals surface area contributed by atoms with Crippen LogP contribution in [-0.2, 0) is 9.59 Å². The number of ketones is 1. The van der Waals surface area contributed by atoms with Gasteiger partial charge in [-0.2, -0.15) is 0 Å². The fourth-order valence-corrected chi connectivity index (χ4v) is 2.55. The van der Waals surface area contributed by atoms with Crippen molar-refractivity contribution in [1.82, 2.24) is 0 Å². The van der Waals surface area contributed by atoms with Gasteiger partial charge in [0, 0.05) is 18.6 Å². The molecule has 0 spiro atoms. The Morgan fingerprint density at radius 1 is 1.43 bits per heavy atom. The third-order valence-corrected chi connectivity index (χ3v) is 3.53. The van der Waals surface area contributed by atoms with E-state index in [0.29, 0.717) is 32.2 Å². The molecule has 0 amide bonds. The van der Waals surface area contributed by atoms with Crippen molar-refractivity contribution in [1.29, 1.82) is 0 Å². The molecular weight excluding hydrogens is 272 g/mol. The average Bonchev–Trinajstić information content (AvgIpc) is 2.31. The Morgan fingerprint density at radius 3 is 2.52 bits per heavy atom. The van der Waals surface area contributed by atoms with Crippen molar-refractivity contribution in [2.45, 2.75) is 52.5 Å². The Morgan fingerprint density at radius 2 is 2.05 bits per heavy atom. The Bertz CT molecular complexity index is 492. The number of nitrogens with zero attached hydrogens (tertiary/aromatic N) is 1. The summed E-state index contributed by atoms with van der Waals surface area (Å²) < 4.78 is 0. The number of hydrogen-bond donors (Lipinski definition) is 3. The highest BCUT2D eigenvalue weighted by molar-refractivity contribution is 6.22. The first-order valence-corrected chi connectivity index (χ1v) is 7.11. The second kappa shape index (κ2) is 6.85. The fraction of sp³-hybridized carbons (Fsp3) is 0.667. The van der Waals surface area contributed by atoms with E-state index in [1.54, 1.807) is 6.92 Å². The fourth-order valence-electron chi connectivity index (χ4n) is 2.55. The van der Waals surface area contributed by atoms with E-state index in [4.69, 9.17) is 10.8 Å². The Labute approximate surface area is 124 Å². The van der Waals surface area contributed by atoms with E-state index in [1.165, 1.54) is 0 Å². The maximum absolute atomic E-state index is 12.2. The zero-order valence-electron chi connectivity index (χ0n) is 12.8. The number of rotatable bonds is 6. The van der Waals surface area contributed by atoms with Gasteiger partial charge in [-0.3, -0.25) is 9.79 Å². The SMILES string of the molecule is CC(=N[C@@H](CCCN)C(=O)O)C1=C(O)CC(C)(C)CC1=O. The molecule has 4 N–H and O–H groups in total. The summed E-state index contributed by atoms with van der Waals surface area (Å²) in [6.45, 7) is 5.77. The summed E-state index contributed by atoms with van der Waals surface area (Å²) >= 11 is 0. The molecule has 1 aliphatic carbocycles. The van der Waals surface area contributed by atoms with Crippen LogP contribution in [0.5, 0.6) is 0 Å². The number of aliphatic hydroxyl groups excluding tert-OH is 1. The molecule has 118 valence electrons. The van der Waals surface area contributed by atoms with Crippen molar-refractivity contribution >= 4 is 17.5 Å². The molecule has 0 saturated carbocycles. The first kappa shape index (κ1) is 17.4. The van der Waals surface area contributed by atoms with Gasteiger partial charge in [0.2, 0.25) is 0 Å². The number of carbonyl (C=O) groups is 2. The average molecular weight is 296 g/mol. The lowest BCUT2D eigenvalue weighted by Crippen LogP contribution is -2.29. The molecule has 21 heavy (non-hydrogen) atoms. The Kier molecular flexibility index (Phi) is 5.66. The number of hydrogen-bond acceptors (Lipinski definition) is 5. The zero-order chi connectivity index (χ0) is 16.2. The van der Waals surface area contributed by atoms with Gasteiger partial charge in [0.25, 0.3) is 0 Å². The van der Waals surface area contributed by atoms with E-state index in [2.05, 4.69) is 4.99 Å². The summed E-state index contributed by atoms with van der Waals surface area (Å²) in [6, 6.07) is -0.934. The monoisotopic (exact) mass is 296 g/mol. The molecule has 6 heteroatoms. The largest absolute Gasteiger partial charge is 0.511 e. The zero-order valence-corrected chi connectivity index (χ0v) is 12.8. The number of nitrogens with two attached hydrogens (primary N) is 1. The van der Waals surface area contributed by atoms with Crippen LogP contribution in [0.3, 0.4) is 0 Å². The molecule has 0 unspecified atom stereocenters. The highest BCUT2D eigenvalue weighted by Gasteiger charge is 2.34. The Balaban J connectivity index is 3.04. The van der Waals surface area contributed by atoms with Crippen LogP contribution in [0.4, 0.5) is 0 Å². The van der Waals surface area contributed by atoms with Crippen molar-refractivity contribution in [3.63, 3.8) is 0 Å². The van der Waals surface area contributed by atoms with Gasteiger partial charge >= 0.3 is 5.97 Å². The van der Waals surface area contributed by atoms with Crippen LogP contribution in [0.15, 0.2) is 16.3 Å². The summed E-state index contributed by atoms with van der Waals surface area (Å²) in [5, 5.41) is 19.2. The lowest BCUT2D eigenvalue weighted by atomic mass is 9.76. The predicted octanol–water partition coefficient (Wildman–Crippen LogP) is 1.84. The van der Waals surface area contributed by atoms with E-state index in [-0.39, 0.29) is 28.2 Å². The minimum absolute atomic E-state index is 0.000429. The summed E-state index contributed by atoms with van der Waals surface area (Å²) in [5.41, 5.74) is 5.56. The summed E-state index contributed by atoms with van der Waals surface area (Å²) in [4.78, 5) is 27.4. The molecule has 0 aromatic heterocycles. The minimum atomic E-state index is -1.05. The molecule has 1 atom stereocenters. The number of allylic oxidation sites excluding steroid dienone is 2. The molecule has 0 saturated heterocycles. The van der Waals surface area contributed by atoms with Crippen LogP contribution in [0, 0.1) is 5.41 Å². The number of aliphatic carboxylic acids is 1. The molecule has 0 heterocycles. The van der Waals surface area contributed by atoms with Crippen LogP contribution < -0.4 is 5.73 Å². The van der Waals surface area contributed by atoms with Crippen LogP contribution >= 0.6 is 0 Å².